The van der Waals surface area contributed by atoms with Crippen LogP contribution in [0.1, 0.15) is 5.69 Å². The van der Waals surface area contributed by atoms with E-state index in [4.69, 9.17) is 11.0 Å². The molecule has 1 aromatic carbocycles. The first-order valence-electron chi connectivity index (χ1n) is 4.91. The molecule has 0 bridgehead atoms. The van der Waals surface area contributed by atoms with Crippen LogP contribution in [0.4, 0.5) is 0 Å². The maximum absolute atomic E-state index is 8.38. The summed E-state index contributed by atoms with van der Waals surface area (Å²) in [6.45, 7) is 0. The van der Waals surface area contributed by atoms with Gasteiger partial charge in [-0.2, -0.15) is 10.3 Å². The molecule has 1 heterocycles. The average Bonchev–Trinajstić information content (AvgIpc) is 2.39. The number of hydrogen-bond acceptors (Lipinski definition) is 5. The molecular weight excluding hydrogens is 214 g/mol. The van der Waals surface area contributed by atoms with E-state index in [2.05, 4.69) is 15.0 Å². The summed E-state index contributed by atoms with van der Waals surface area (Å²) in [6, 6.07) is 7.52. The van der Waals surface area contributed by atoms with Crippen molar-refractivity contribution in [2.75, 3.05) is 0 Å². The number of nitriles is 1. The minimum absolute atomic E-state index is 0.560. The summed E-state index contributed by atoms with van der Waals surface area (Å²) < 4.78 is 0. The number of nitrogens with two attached hydrogens (primary N) is 1. The molecular formula is C12H9N5. The van der Waals surface area contributed by atoms with Crippen LogP contribution in [0, 0.1) is 11.5 Å². The van der Waals surface area contributed by atoms with E-state index in [1.165, 1.54) is 12.4 Å². The highest BCUT2D eigenvalue weighted by Crippen LogP contribution is 2.13. The van der Waals surface area contributed by atoms with Crippen LogP contribution in [0.2, 0.25) is 0 Å². The van der Waals surface area contributed by atoms with Crippen LogP contribution in [0.3, 0.4) is 0 Å². The first kappa shape index (κ1) is 10.8. The van der Waals surface area contributed by atoms with Gasteiger partial charge in [0.25, 0.3) is 0 Å². The third-order valence-corrected chi connectivity index (χ3v) is 2.19. The third kappa shape index (κ3) is 2.26. The van der Waals surface area contributed by atoms with E-state index in [0.29, 0.717) is 11.3 Å². The van der Waals surface area contributed by atoms with Crippen LogP contribution in [0.25, 0.3) is 16.6 Å². The number of para-hydroxylation sites is 2. The Morgan fingerprint density at radius 2 is 2.12 bits per heavy atom. The predicted octanol–water partition coefficient (Wildman–Crippen LogP) is 1.48. The van der Waals surface area contributed by atoms with Crippen molar-refractivity contribution in [1.82, 2.24) is 9.97 Å². The fourth-order valence-corrected chi connectivity index (χ4v) is 1.39. The minimum atomic E-state index is 0.560. The zero-order valence-electron chi connectivity index (χ0n) is 8.91. The molecule has 0 saturated carbocycles. The molecule has 0 atom stereocenters. The van der Waals surface area contributed by atoms with Crippen LogP contribution in [0.15, 0.2) is 41.7 Å². The number of benzene rings is 1. The molecule has 2 N–H and O–H groups in total. The second kappa shape index (κ2) is 4.86. The summed E-state index contributed by atoms with van der Waals surface area (Å²) in [5.41, 5.74) is 8.19. The molecule has 0 saturated heterocycles. The maximum atomic E-state index is 8.38. The molecule has 5 nitrogen and oxygen atoms in total. The Labute approximate surface area is 98.0 Å². The molecule has 0 aliphatic heterocycles. The van der Waals surface area contributed by atoms with E-state index in [0.717, 1.165) is 11.0 Å². The molecule has 0 aliphatic carbocycles. The summed E-state index contributed by atoms with van der Waals surface area (Å²) in [6.07, 6.45) is 5.97. The van der Waals surface area contributed by atoms with E-state index in [1.807, 2.05) is 24.3 Å². The normalized spacial score (nSPS) is 11.8. The van der Waals surface area contributed by atoms with E-state index >= 15 is 0 Å². The summed E-state index contributed by atoms with van der Waals surface area (Å²) in [7, 11) is 0. The molecule has 0 radical (unpaired) electrons. The van der Waals surface area contributed by atoms with Gasteiger partial charge < -0.3 is 5.73 Å². The van der Waals surface area contributed by atoms with Crippen LogP contribution in [-0.2, 0) is 0 Å². The Hall–Kier alpha value is -2.74. The smallest absolute Gasteiger partial charge is 0.205 e. The molecule has 0 aliphatic rings. The molecule has 1 aromatic heterocycles. The Morgan fingerprint density at radius 1 is 1.35 bits per heavy atom. The first-order valence-corrected chi connectivity index (χ1v) is 4.91. The fourth-order valence-electron chi connectivity index (χ4n) is 1.39. The summed E-state index contributed by atoms with van der Waals surface area (Å²) in [5.74, 6) is 0. The highest BCUT2D eigenvalue weighted by atomic mass is 14.8. The number of nitrogens with zero attached hydrogens (tertiary/aromatic N) is 4. The van der Waals surface area contributed by atoms with Gasteiger partial charge in [-0.15, -0.1) is 0 Å². The monoisotopic (exact) mass is 223 g/mol. The Balaban J connectivity index is 2.49. The lowest BCUT2D eigenvalue weighted by Crippen LogP contribution is -1.96. The summed E-state index contributed by atoms with van der Waals surface area (Å²) >= 11 is 0. The van der Waals surface area contributed by atoms with Crippen LogP contribution < -0.4 is 5.73 Å². The number of aliphatic imine (C=N–C) groups is 1. The van der Waals surface area contributed by atoms with E-state index in [9.17, 15) is 0 Å². The van der Waals surface area contributed by atoms with Gasteiger partial charge in [-0.25, -0.2) is 4.98 Å². The van der Waals surface area contributed by atoms with Crippen LogP contribution >= 0.6 is 0 Å². The van der Waals surface area contributed by atoms with Gasteiger partial charge in [0.15, 0.2) is 0 Å². The zero-order chi connectivity index (χ0) is 12.1. The van der Waals surface area contributed by atoms with E-state index in [1.54, 1.807) is 12.4 Å². The number of fused-ring (bicyclic) bond motifs is 1. The molecule has 5 heteroatoms. The molecule has 0 fully saturated rings. The van der Waals surface area contributed by atoms with Crippen molar-refractivity contribution in [1.29, 1.82) is 5.26 Å². The largest absolute Gasteiger partial charge is 0.404 e. The van der Waals surface area contributed by atoms with Gasteiger partial charge in [0.2, 0.25) is 6.19 Å². The standard InChI is InChI=1S/C12H9N5/c13-5-9(6-15-8-14)12-7-16-10-3-1-2-4-11(10)17-12/h1-7H,13H2. The van der Waals surface area contributed by atoms with Gasteiger partial charge in [-0.3, -0.25) is 4.98 Å². The van der Waals surface area contributed by atoms with E-state index < -0.39 is 0 Å². The number of rotatable bonds is 2. The van der Waals surface area contributed by atoms with Gasteiger partial charge >= 0.3 is 0 Å². The Kier molecular flexibility index (Phi) is 3.08. The number of aromatic nitrogens is 2. The van der Waals surface area contributed by atoms with Crippen molar-refractivity contribution in [3.63, 3.8) is 0 Å². The zero-order valence-corrected chi connectivity index (χ0v) is 8.91. The van der Waals surface area contributed by atoms with Crippen LogP contribution in [0.5, 0.6) is 0 Å². The molecule has 82 valence electrons. The fraction of sp³-hybridized carbons (Fsp3) is 0. The number of allylic oxidation sites excluding steroid dienone is 1. The lowest BCUT2D eigenvalue weighted by molar-refractivity contribution is 1.26. The molecule has 0 unspecified atom stereocenters. The molecule has 17 heavy (non-hydrogen) atoms. The highest BCUT2D eigenvalue weighted by Gasteiger charge is 2.02. The van der Waals surface area contributed by atoms with Crippen molar-refractivity contribution in [3.8, 4) is 6.19 Å². The second-order valence-electron chi connectivity index (χ2n) is 3.22. The van der Waals surface area contributed by atoms with Gasteiger partial charge in [-0.1, -0.05) is 12.1 Å². The lowest BCUT2D eigenvalue weighted by atomic mass is 10.2. The van der Waals surface area contributed by atoms with Crippen molar-refractivity contribution in [3.05, 3.63) is 42.4 Å². The molecule has 0 spiro atoms. The van der Waals surface area contributed by atoms with Crippen molar-refractivity contribution in [2.45, 2.75) is 0 Å². The van der Waals surface area contributed by atoms with Gasteiger partial charge in [0.1, 0.15) is 0 Å². The average molecular weight is 223 g/mol. The second-order valence-corrected chi connectivity index (χ2v) is 3.22. The third-order valence-electron chi connectivity index (χ3n) is 2.19. The molecule has 0 amide bonds. The molecule has 2 rings (SSSR count). The Morgan fingerprint density at radius 3 is 2.82 bits per heavy atom. The van der Waals surface area contributed by atoms with Crippen LogP contribution in [-0.4, -0.2) is 16.2 Å². The van der Waals surface area contributed by atoms with Gasteiger partial charge in [0, 0.05) is 11.8 Å². The van der Waals surface area contributed by atoms with Crippen molar-refractivity contribution < 1.29 is 0 Å². The van der Waals surface area contributed by atoms with Crippen molar-refractivity contribution in [2.24, 2.45) is 10.7 Å². The highest BCUT2D eigenvalue weighted by molar-refractivity contribution is 6.09. The minimum Gasteiger partial charge on any atom is -0.404 e. The van der Waals surface area contributed by atoms with Gasteiger partial charge in [0.05, 0.1) is 29.1 Å². The van der Waals surface area contributed by atoms with E-state index in [-0.39, 0.29) is 0 Å². The Bertz CT molecular complexity index is 637. The summed E-state index contributed by atoms with van der Waals surface area (Å²) in [5, 5.41) is 8.38. The lowest BCUT2D eigenvalue weighted by Gasteiger charge is -2.01. The SMILES string of the molecule is N#CN=CC(=CN)c1cnc2ccccc2n1. The molecule has 2 aromatic rings. The maximum Gasteiger partial charge on any atom is 0.205 e. The quantitative estimate of drug-likeness (QED) is 0.617. The van der Waals surface area contributed by atoms with Gasteiger partial charge in [-0.05, 0) is 12.1 Å². The first-order chi connectivity index (χ1) is 8.35. The topological polar surface area (TPSA) is 88.0 Å². The number of hydrogen-bond donors (Lipinski definition) is 1. The van der Waals surface area contributed by atoms with Crippen molar-refractivity contribution >= 4 is 22.8 Å². The predicted molar refractivity (Wildman–Crippen MR) is 65.8 cm³/mol. The summed E-state index contributed by atoms with van der Waals surface area (Å²) in [4.78, 5) is 12.1.